The molecule has 0 saturated carbocycles. The van der Waals surface area contributed by atoms with Crippen LogP contribution in [0.25, 0.3) is 0 Å². The Morgan fingerprint density at radius 1 is 1.17 bits per heavy atom. The van der Waals surface area contributed by atoms with Gasteiger partial charge in [-0.2, -0.15) is 0 Å². The number of hydrogen-bond donors (Lipinski definition) is 0. The van der Waals surface area contributed by atoms with E-state index in [0.717, 1.165) is 5.69 Å². The van der Waals surface area contributed by atoms with Gasteiger partial charge < -0.3 is 4.90 Å². The van der Waals surface area contributed by atoms with Crippen molar-refractivity contribution in [3.63, 3.8) is 0 Å². The zero-order chi connectivity index (χ0) is 13.1. The van der Waals surface area contributed by atoms with Crippen LogP contribution < -0.4 is 9.80 Å². The SMILES string of the molecule is CN(C)c1ccc(C(=O)N(C)c2nccs2)cc1. The maximum absolute atomic E-state index is 12.2. The number of thiazole rings is 1. The lowest BCUT2D eigenvalue weighted by Crippen LogP contribution is -2.26. The summed E-state index contributed by atoms with van der Waals surface area (Å²) in [6.45, 7) is 0. The minimum Gasteiger partial charge on any atom is -0.378 e. The molecule has 0 radical (unpaired) electrons. The molecule has 0 atom stereocenters. The summed E-state index contributed by atoms with van der Waals surface area (Å²) in [4.78, 5) is 19.9. The van der Waals surface area contributed by atoms with Gasteiger partial charge >= 0.3 is 0 Å². The van der Waals surface area contributed by atoms with Crippen molar-refractivity contribution in [2.45, 2.75) is 0 Å². The summed E-state index contributed by atoms with van der Waals surface area (Å²) in [5, 5.41) is 2.56. The number of benzene rings is 1. The third-order valence-electron chi connectivity index (χ3n) is 2.64. The molecule has 0 N–H and O–H groups in total. The molecule has 0 aliphatic carbocycles. The Labute approximate surface area is 110 Å². The first-order valence-electron chi connectivity index (χ1n) is 5.54. The molecule has 1 heterocycles. The second-order valence-corrected chi connectivity index (χ2v) is 4.99. The van der Waals surface area contributed by atoms with E-state index < -0.39 is 0 Å². The molecular formula is C13H15N3OS. The highest BCUT2D eigenvalue weighted by molar-refractivity contribution is 7.13. The van der Waals surface area contributed by atoms with E-state index in [1.54, 1.807) is 18.1 Å². The lowest BCUT2D eigenvalue weighted by Gasteiger charge is -2.15. The number of carbonyl (C=O) groups is 1. The maximum atomic E-state index is 12.2. The first-order chi connectivity index (χ1) is 8.59. The highest BCUT2D eigenvalue weighted by Gasteiger charge is 2.15. The molecule has 0 saturated heterocycles. The molecule has 2 rings (SSSR count). The average Bonchev–Trinajstić information content (AvgIpc) is 2.91. The van der Waals surface area contributed by atoms with Crippen molar-refractivity contribution >= 4 is 28.1 Å². The van der Waals surface area contributed by atoms with E-state index in [1.165, 1.54) is 11.3 Å². The van der Waals surface area contributed by atoms with Crippen molar-refractivity contribution < 1.29 is 4.79 Å². The zero-order valence-corrected chi connectivity index (χ0v) is 11.4. The normalized spacial score (nSPS) is 10.2. The Morgan fingerprint density at radius 3 is 2.33 bits per heavy atom. The molecule has 2 aromatic rings. The summed E-state index contributed by atoms with van der Waals surface area (Å²) >= 11 is 1.45. The number of anilines is 2. The van der Waals surface area contributed by atoms with Crippen LogP contribution in [-0.4, -0.2) is 32.0 Å². The van der Waals surface area contributed by atoms with Crippen molar-refractivity contribution in [1.29, 1.82) is 0 Å². The molecule has 5 heteroatoms. The lowest BCUT2D eigenvalue weighted by molar-refractivity contribution is 0.0993. The zero-order valence-electron chi connectivity index (χ0n) is 10.6. The van der Waals surface area contributed by atoms with Gasteiger partial charge in [-0.05, 0) is 24.3 Å². The van der Waals surface area contributed by atoms with Crippen molar-refractivity contribution in [3.8, 4) is 0 Å². The number of nitrogens with zero attached hydrogens (tertiary/aromatic N) is 3. The van der Waals surface area contributed by atoms with Gasteiger partial charge in [0, 0.05) is 44.0 Å². The van der Waals surface area contributed by atoms with Gasteiger partial charge in [0.25, 0.3) is 5.91 Å². The van der Waals surface area contributed by atoms with Crippen LogP contribution in [0.15, 0.2) is 35.8 Å². The number of aromatic nitrogens is 1. The largest absolute Gasteiger partial charge is 0.378 e. The molecule has 0 aliphatic rings. The van der Waals surface area contributed by atoms with Crippen molar-refractivity contribution in [3.05, 3.63) is 41.4 Å². The molecular weight excluding hydrogens is 246 g/mol. The average molecular weight is 261 g/mol. The molecule has 1 aromatic carbocycles. The van der Waals surface area contributed by atoms with E-state index in [9.17, 15) is 4.79 Å². The van der Waals surface area contributed by atoms with E-state index >= 15 is 0 Å². The van der Waals surface area contributed by atoms with E-state index in [1.807, 2.05) is 48.6 Å². The second-order valence-electron chi connectivity index (χ2n) is 4.12. The molecule has 1 aromatic heterocycles. The van der Waals surface area contributed by atoms with Gasteiger partial charge in [-0.1, -0.05) is 0 Å². The molecule has 0 spiro atoms. The van der Waals surface area contributed by atoms with Crippen molar-refractivity contribution in [2.24, 2.45) is 0 Å². The van der Waals surface area contributed by atoms with Crippen LogP contribution in [0.5, 0.6) is 0 Å². The fourth-order valence-electron chi connectivity index (χ4n) is 1.56. The van der Waals surface area contributed by atoms with E-state index in [2.05, 4.69) is 4.98 Å². The van der Waals surface area contributed by atoms with Crippen LogP contribution in [0, 0.1) is 0 Å². The molecule has 4 nitrogen and oxygen atoms in total. The third kappa shape index (κ3) is 2.51. The summed E-state index contributed by atoms with van der Waals surface area (Å²) < 4.78 is 0. The molecule has 1 amide bonds. The monoisotopic (exact) mass is 261 g/mol. The Bertz CT molecular complexity index is 520. The quantitative estimate of drug-likeness (QED) is 0.851. The predicted molar refractivity (Wildman–Crippen MR) is 75.6 cm³/mol. The molecule has 0 fully saturated rings. The van der Waals surface area contributed by atoms with E-state index in [4.69, 9.17) is 0 Å². The van der Waals surface area contributed by atoms with Gasteiger partial charge in [0.1, 0.15) is 0 Å². The predicted octanol–water partition coefficient (Wildman–Crippen LogP) is 2.49. The Kier molecular flexibility index (Phi) is 3.62. The summed E-state index contributed by atoms with van der Waals surface area (Å²) in [7, 11) is 5.68. The topological polar surface area (TPSA) is 36.4 Å². The summed E-state index contributed by atoms with van der Waals surface area (Å²) in [5.74, 6) is -0.0461. The van der Waals surface area contributed by atoms with Crippen LogP contribution in [0.2, 0.25) is 0 Å². The Morgan fingerprint density at radius 2 is 1.83 bits per heavy atom. The Balaban J connectivity index is 2.19. The third-order valence-corrected chi connectivity index (χ3v) is 3.49. The van der Waals surface area contributed by atoms with Gasteiger partial charge in [-0.3, -0.25) is 9.69 Å². The minimum atomic E-state index is -0.0461. The van der Waals surface area contributed by atoms with E-state index in [-0.39, 0.29) is 5.91 Å². The van der Waals surface area contributed by atoms with Gasteiger partial charge in [0.2, 0.25) is 0 Å². The number of carbonyl (C=O) groups excluding carboxylic acids is 1. The van der Waals surface area contributed by atoms with Gasteiger partial charge in [-0.25, -0.2) is 4.98 Å². The van der Waals surface area contributed by atoms with Crippen LogP contribution >= 0.6 is 11.3 Å². The standard InChI is InChI=1S/C13H15N3OS/c1-15(2)11-6-4-10(5-7-11)12(17)16(3)13-14-8-9-18-13/h4-9H,1-3H3. The summed E-state index contributed by atoms with van der Waals surface area (Å²) in [6.07, 6.45) is 1.69. The molecule has 18 heavy (non-hydrogen) atoms. The first-order valence-corrected chi connectivity index (χ1v) is 6.42. The van der Waals surface area contributed by atoms with Crippen LogP contribution in [0.3, 0.4) is 0 Å². The first kappa shape index (κ1) is 12.6. The molecule has 0 unspecified atom stereocenters. The molecule has 0 bridgehead atoms. The molecule has 0 aliphatic heterocycles. The van der Waals surface area contributed by atoms with Gasteiger partial charge in [0.05, 0.1) is 0 Å². The van der Waals surface area contributed by atoms with Crippen LogP contribution in [-0.2, 0) is 0 Å². The lowest BCUT2D eigenvalue weighted by atomic mass is 10.2. The summed E-state index contributed by atoms with van der Waals surface area (Å²) in [5.41, 5.74) is 1.74. The van der Waals surface area contributed by atoms with Crippen LogP contribution in [0.4, 0.5) is 10.8 Å². The highest BCUT2D eigenvalue weighted by Crippen LogP contribution is 2.19. The number of amides is 1. The second kappa shape index (κ2) is 5.18. The summed E-state index contributed by atoms with van der Waals surface area (Å²) in [6, 6.07) is 7.54. The fraction of sp³-hybridized carbons (Fsp3) is 0.231. The number of rotatable bonds is 3. The Hall–Kier alpha value is -1.88. The highest BCUT2D eigenvalue weighted by atomic mass is 32.1. The smallest absolute Gasteiger partial charge is 0.259 e. The van der Waals surface area contributed by atoms with E-state index in [0.29, 0.717) is 10.7 Å². The number of hydrogen-bond acceptors (Lipinski definition) is 4. The van der Waals surface area contributed by atoms with Crippen LogP contribution in [0.1, 0.15) is 10.4 Å². The molecule has 94 valence electrons. The maximum Gasteiger partial charge on any atom is 0.259 e. The fourth-order valence-corrected chi connectivity index (χ4v) is 2.17. The van der Waals surface area contributed by atoms with Crippen molar-refractivity contribution in [2.75, 3.05) is 30.9 Å². The van der Waals surface area contributed by atoms with Crippen molar-refractivity contribution in [1.82, 2.24) is 4.98 Å². The van der Waals surface area contributed by atoms with Gasteiger partial charge in [-0.15, -0.1) is 11.3 Å². The van der Waals surface area contributed by atoms with Gasteiger partial charge in [0.15, 0.2) is 5.13 Å². The minimum absolute atomic E-state index is 0.0461.